The van der Waals surface area contributed by atoms with Crippen molar-refractivity contribution in [3.05, 3.63) is 59.7 Å². The Labute approximate surface area is 139 Å². The molecule has 2 N–H and O–H groups in total. The molecule has 0 fully saturated rings. The van der Waals surface area contributed by atoms with Crippen molar-refractivity contribution in [2.24, 2.45) is 0 Å². The average molecular weight is 326 g/mol. The van der Waals surface area contributed by atoms with E-state index in [4.69, 9.17) is 9.47 Å². The number of nitrogens with one attached hydrogen (secondary N) is 2. The van der Waals surface area contributed by atoms with Crippen LogP contribution in [0, 0.1) is 0 Å². The van der Waals surface area contributed by atoms with Crippen LogP contribution in [-0.4, -0.2) is 24.5 Å². The summed E-state index contributed by atoms with van der Waals surface area (Å²) in [7, 11) is 0. The van der Waals surface area contributed by atoms with E-state index in [1.54, 1.807) is 24.3 Å². The van der Waals surface area contributed by atoms with Crippen LogP contribution in [0.15, 0.2) is 48.5 Å². The van der Waals surface area contributed by atoms with Gasteiger partial charge >= 0.3 is 0 Å². The van der Waals surface area contributed by atoms with Crippen molar-refractivity contribution in [2.45, 2.75) is 19.4 Å². The molecule has 0 aromatic heterocycles. The minimum absolute atomic E-state index is 0.384. The van der Waals surface area contributed by atoms with E-state index < -0.39 is 12.0 Å². The van der Waals surface area contributed by atoms with Crippen molar-refractivity contribution in [2.75, 3.05) is 6.61 Å². The quantitative estimate of drug-likeness (QED) is 0.841. The molecule has 0 spiro atoms. The Bertz CT molecular complexity index is 718. The van der Waals surface area contributed by atoms with E-state index in [1.165, 1.54) is 0 Å². The zero-order valence-corrected chi connectivity index (χ0v) is 13.2. The van der Waals surface area contributed by atoms with Crippen LogP contribution < -0.4 is 20.3 Å². The molecular formula is C18H18N2O4. The molecule has 2 amide bonds. The number of ether oxygens (including phenoxy) is 2. The maximum absolute atomic E-state index is 12.1. The van der Waals surface area contributed by atoms with Crippen molar-refractivity contribution < 1.29 is 19.1 Å². The summed E-state index contributed by atoms with van der Waals surface area (Å²) in [4.78, 5) is 24.2. The minimum atomic E-state index is -0.636. The van der Waals surface area contributed by atoms with E-state index in [1.807, 2.05) is 31.2 Å². The molecule has 0 unspecified atom stereocenters. The average Bonchev–Trinajstić information content (AvgIpc) is 3.04. The third-order valence-corrected chi connectivity index (χ3v) is 3.67. The summed E-state index contributed by atoms with van der Waals surface area (Å²) < 4.78 is 10.9. The Kier molecular flexibility index (Phi) is 4.65. The van der Waals surface area contributed by atoms with Crippen LogP contribution in [0.3, 0.4) is 0 Å². The number of amides is 2. The fraction of sp³-hybridized carbons (Fsp3) is 0.222. The molecular weight excluding hydrogens is 308 g/mol. The molecule has 1 atom stereocenters. The molecule has 6 heteroatoms. The smallest absolute Gasteiger partial charge is 0.279 e. The molecule has 124 valence electrons. The number of hydrogen-bond acceptors (Lipinski definition) is 4. The predicted octanol–water partition coefficient (Wildman–Crippen LogP) is 1.85. The molecule has 2 aromatic rings. The lowest BCUT2D eigenvalue weighted by atomic mass is 10.1. The Hall–Kier alpha value is -3.02. The van der Waals surface area contributed by atoms with E-state index in [2.05, 4.69) is 10.9 Å². The van der Waals surface area contributed by atoms with Gasteiger partial charge in [-0.1, -0.05) is 18.2 Å². The van der Waals surface area contributed by atoms with Gasteiger partial charge in [0.05, 0.1) is 6.61 Å². The van der Waals surface area contributed by atoms with Crippen molar-refractivity contribution in [3.8, 4) is 11.5 Å². The molecule has 0 aliphatic carbocycles. The molecule has 24 heavy (non-hydrogen) atoms. The zero-order valence-electron chi connectivity index (χ0n) is 13.2. The Morgan fingerprint density at radius 3 is 2.58 bits per heavy atom. The van der Waals surface area contributed by atoms with E-state index in [9.17, 15) is 9.59 Å². The maximum atomic E-state index is 12.1. The first-order chi connectivity index (χ1) is 11.7. The van der Waals surface area contributed by atoms with Gasteiger partial charge in [-0.05, 0) is 42.8 Å². The van der Waals surface area contributed by atoms with Crippen molar-refractivity contribution in [3.63, 3.8) is 0 Å². The molecule has 1 aliphatic rings. The van der Waals surface area contributed by atoms with Crippen LogP contribution in [0.4, 0.5) is 0 Å². The highest BCUT2D eigenvalue weighted by molar-refractivity contribution is 5.96. The summed E-state index contributed by atoms with van der Waals surface area (Å²) in [6, 6.07) is 14.2. The van der Waals surface area contributed by atoms with Crippen LogP contribution in [0.5, 0.6) is 11.5 Å². The summed E-state index contributed by atoms with van der Waals surface area (Å²) in [5.74, 6) is 0.609. The van der Waals surface area contributed by atoms with Gasteiger partial charge in [-0.3, -0.25) is 20.4 Å². The second-order valence-electron chi connectivity index (χ2n) is 5.32. The zero-order chi connectivity index (χ0) is 16.9. The van der Waals surface area contributed by atoms with Gasteiger partial charge in [0.15, 0.2) is 6.10 Å². The van der Waals surface area contributed by atoms with Gasteiger partial charge < -0.3 is 9.47 Å². The van der Waals surface area contributed by atoms with E-state index >= 15 is 0 Å². The molecule has 0 bridgehead atoms. The second-order valence-corrected chi connectivity index (χ2v) is 5.32. The minimum Gasteiger partial charge on any atom is -0.494 e. The van der Waals surface area contributed by atoms with Gasteiger partial charge in [0.25, 0.3) is 11.8 Å². The number of benzene rings is 2. The predicted molar refractivity (Wildman–Crippen MR) is 87.8 cm³/mol. The van der Waals surface area contributed by atoms with Gasteiger partial charge in [-0.15, -0.1) is 0 Å². The highest BCUT2D eigenvalue weighted by Crippen LogP contribution is 2.27. The Balaban J connectivity index is 1.52. The van der Waals surface area contributed by atoms with Crippen LogP contribution in [0.2, 0.25) is 0 Å². The molecule has 0 saturated carbocycles. The summed E-state index contributed by atoms with van der Waals surface area (Å²) in [6.45, 7) is 2.45. The number of hydrazine groups is 1. The molecule has 6 nitrogen and oxygen atoms in total. The monoisotopic (exact) mass is 326 g/mol. The van der Waals surface area contributed by atoms with Crippen molar-refractivity contribution in [1.29, 1.82) is 0 Å². The third kappa shape index (κ3) is 3.48. The third-order valence-electron chi connectivity index (χ3n) is 3.67. The summed E-state index contributed by atoms with van der Waals surface area (Å²) >= 11 is 0. The highest BCUT2D eigenvalue weighted by atomic mass is 16.5. The standard InChI is InChI=1S/C18H18N2O4/c1-2-23-14-9-7-12(8-10-14)17(21)19-20-18(22)16-11-13-5-3-4-6-15(13)24-16/h3-10,16H,2,11H2,1H3,(H,19,21)(H,20,22)/t16-/m0/s1. The van der Waals surface area contributed by atoms with E-state index in [0.717, 1.165) is 5.56 Å². The number of para-hydroxylation sites is 1. The number of fused-ring (bicyclic) bond motifs is 1. The highest BCUT2D eigenvalue weighted by Gasteiger charge is 2.28. The number of rotatable bonds is 4. The molecule has 2 aromatic carbocycles. The van der Waals surface area contributed by atoms with E-state index in [0.29, 0.717) is 30.1 Å². The molecule has 0 radical (unpaired) electrons. The largest absolute Gasteiger partial charge is 0.494 e. The van der Waals surface area contributed by atoms with Gasteiger partial charge in [-0.2, -0.15) is 0 Å². The first-order valence-corrected chi connectivity index (χ1v) is 7.75. The van der Waals surface area contributed by atoms with Crippen LogP contribution in [0.25, 0.3) is 0 Å². The topological polar surface area (TPSA) is 76.7 Å². The van der Waals surface area contributed by atoms with Gasteiger partial charge in [-0.25, -0.2) is 0 Å². The lowest BCUT2D eigenvalue weighted by Gasteiger charge is -2.12. The van der Waals surface area contributed by atoms with E-state index in [-0.39, 0.29) is 5.91 Å². The molecule has 0 saturated heterocycles. The Morgan fingerprint density at radius 2 is 1.88 bits per heavy atom. The number of carbonyl (C=O) groups is 2. The first-order valence-electron chi connectivity index (χ1n) is 7.75. The van der Waals surface area contributed by atoms with Crippen molar-refractivity contribution in [1.82, 2.24) is 10.9 Å². The number of carbonyl (C=O) groups excluding carboxylic acids is 2. The summed E-state index contributed by atoms with van der Waals surface area (Å²) in [5, 5.41) is 0. The SMILES string of the molecule is CCOc1ccc(C(=O)NNC(=O)[C@@H]2Cc3ccccc3O2)cc1. The van der Waals surface area contributed by atoms with Crippen LogP contribution in [-0.2, 0) is 11.2 Å². The van der Waals surface area contributed by atoms with Gasteiger partial charge in [0.2, 0.25) is 0 Å². The normalized spacial score (nSPS) is 15.1. The van der Waals surface area contributed by atoms with Gasteiger partial charge in [0, 0.05) is 12.0 Å². The Morgan fingerprint density at radius 1 is 1.12 bits per heavy atom. The number of hydrogen-bond donors (Lipinski definition) is 2. The lowest BCUT2D eigenvalue weighted by molar-refractivity contribution is -0.128. The summed E-state index contributed by atoms with van der Waals surface area (Å²) in [6.07, 6.45) is -0.149. The summed E-state index contributed by atoms with van der Waals surface area (Å²) in [5.41, 5.74) is 6.20. The fourth-order valence-corrected chi connectivity index (χ4v) is 2.47. The lowest BCUT2D eigenvalue weighted by Crippen LogP contribution is -2.47. The maximum Gasteiger partial charge on any atom is 0.279 e. The fourth-order valence-electron chi connectivity index (χ4n) is 2.47. The second kappa shape index (κ2) is 7.04. The first kappa shape index (κ1) is 15.9. The van der Waals surface area contributed by atoms with Crippen molar-refractivity contribution >= 4 is 11.8 Å². The molecule has 3 rings (SSSR count). The van der Waals surface area contributed by atoms with Gasteiger partial charge in [0.1, 0.15) is 11.5 Å². The molecule has 1 heterocycles. The van der Waals surface area contributed by atoms with Crippen LogP contribution >= 0.6 is 0 Å². The molecule has 1 aliphatic heterocycles. The van der Waals surface area contributed by atoms with Crippen LogP contribution in [0.1, 0.15) is 22.8 Å².